The molecule has 0 fully saturated rings. The van der Waals surface area contributed by atoms with Crippen molar-refractivity contribution in [3.05, 3.63) is 84.6 Å². The number of amides is 1. The Hall–Kier alpha value is -3.40. The Kier molecular flexibility index (Phi) is 3.56. The zero-order valence-corrected chi connectivity index (χ0v) is 12.9. The van der Waals surface area contributed by atoms with Crippen molar-refractivity contribution in [1.29, 1.82) is 0 Å². The van der Waals surface area contributed by atoms with Crippen molar-refractivity contribution in [2.24, 2.45) is 0 Å². The predicted molar refractivity (Wildman–Crippen MR) is 95.9 cm³/mol. The first kappa shape index (κ1) is 14.2. The molecular weight excluding hydrogens is 298 g/mol. The number of nitrogens with zero attached hydrogens (tertiary/aromatic N) is 1. The summed E-state index contributed by atoms with van der Waals surface area (Å²) in [6.45, 7) is 0. The molecule has 0 saturated heterocycles. The van der Waals surface area contributed by atoms with Crippen LogP contribution in [0.25, 0.3) is 22.0 Å². The summed E-state index contributed by atoms with van der Waals surface area (Å²) in [6, 6.07) is 25.3. The number of H-pyrrole nitrogens is 1. The number of rotatable bonds is 3. The zero-order chi connectivity index (χ0) is 16.4. The van der Waals surface area contributed by atoms with Crippen molar-refractivity contribution >= 4 is 22.4 Å². The van der Waals surface area contributed by atoms with E-state index in [0.29, 0.717) is 5.69 Å². The molecule has 0 aliphatic heterocycles. The lowest BCUT2D eigenvalue weighted by Gasteiger charge is -2.03. The predicted octanol–water partition coefficient (Wildman–Crippen LogP) is 4.48. The van der Waals surface area contributed by atoms with Crippen LogP contribution in [0.5, 0.6) is 0 Å². The maximum atomic E-state index is 12.3. The number of carbonyl (C=O) groups excluding carboxylic acids is 1. The normalized spacial score (nSPS) is 10.7. The Labute approximate surface area is 139 Å². The summed E-state index contributed by atoms with van der Waals surface area (Å²) in [5.74, 6) is -0.208. The monoisotopic (exact) mass is 313 g/mol. The number of nitrogens with one attached hydrogen (secondary N) is 2. The molecule has 1 aromatic heterocycles. The third-order valence-electron chi connectivity index (χ3n) is 3.92. The van der Waals surface area contributed by atoms with Gasteiger partial charge in [0, 0.05) is 11.3 Å². The summed E-state index contributed by atoms with van der Waals surface area (Å²) < 4.78 is 0. The number of anilines is 1. The van der Waals surface area contributed by atoms with Gasteiger partial charge in [-0.3, -0.25) is 9.89 Å². The number of fused-ring (bicyclic) bond motifs is 1. The molecule has 4 heteroatoms. The van der Waals surface area contributed by atoms with Crippen LogP contribution in [-0.2, 0) is 0 Å². The van der Waals surface area contributed by atoms with Gasteiger partial charge in [-0.2, -0.15) is 5.10 Å². The highest BCUT2D eigenvalue weighted by Gasteiger charge is 2.12. The molecule has 2 N–H and O–H groups in total. The fraction of sp³-hybridized carbons (Fsp3) is 0. The van der Waals surface area contributed by atoms with Crippen molar-refractivity contribution in [1.82, 2.24) is 10.2 Å². The average Bonchev–Trinajstić information content (AvgIpc) is 3.12. The van der Waals surface area contributed by atoms with Crippen molar-refractivity contribution in [2.45, 2.75) is 0 Å². The molecular formula is C20H15N3O. The SMILES string of the molecule is O=C(Nc1ccccc1)c1cc(-c2cccc3ccccc23)n[nH]1. The standard InChI is InChI=1S/C20H15N3O/c24-20(21-15-9-2-1-3-10-15)19-13-18(22-23-19)17-12-6-8-14-7-4-5-11-16(14)17/h1-13H,(H,21,24)(H,22,23). The minimum Gasteiger partial charge on any atom is -0.321 e. The summed E-state index contributed by atoms with van der Waals surface area (Å²) in [7, 11) is 0. The highest BCUT2D eigenvalue weighted by Crippen LogP contribution is 2.27. The molecule has 0 saturated carbocycles. The first-order valence-electron chi connectivity index (χ1n) is 7.71. The van der Waals surface area contributed by atoms with Gasteiger partial charge in [0.15, 0.2) is 0 Å². The lowest BCUT2D eigenvalue weighted by molar-refractivity contribution is 0.102. The number of para-hydroxylation sites is 1. The second-order valence-corrected chi connectivity index (χ2v) is 5.51. The van der Waals surface area contributed by atoms with Crippen molar-refractivity contribution in [2.75, 3.05) is 5.32 Å². The quantitative estimate of drug-likeness (QED) is 0.586. The van der Waals surface area contributed by atoms with E-state index in [1.165, 1.54) is 0 Å². The highest BCUT2D eigenvalue weighted by atomic mass is 16.1. The molecule has 1 amide bonds. The maximum absolute atomic E-state index is 12.3. The molecule has 0 aliphatic carbocycles. The topological polar surface area (TPSA) is 57.8 Å². The number of hydrogen-bond acceptors (Lipinski definition) is 2. The Bertz CT molecular complexity index is 1000. The van der Waals surface area contributed by atoms with Crippen LogP contribution < -0.4 is 5.32 Å². The van der Waals surface area contributed by atoms with Gasteiger partial charge in [-0.15, -0.1) is 0 Å². The van der Waals surface area contributed by atoms with Gasteiger partial charge in [0.2, 0.25) is 0 Å². The van der Waals surface area contributed by atoms with Gasteiger partial charge in [0.25, 0.3) is 5.91 Å². The fourth-order valence-electron chi connectivity index (χ4n) is 2.74. The van der Waals surface area contributed by atoms with Gasteiger partial charge in [0.1, 0.15) is 5.69 Å². The molecule has 0 atom stereocenters. The van der Waals surface area contributed by atoms with E-state index in [1.807, 2.05) is 54.6 Å². The number of carbonyl (C=O) groups is 1. The summed E-state index contributed by atoms with van der Waals surface area (Å²) in [5, 5.41) is 12.2. The van der Waals surface area contributed by atoms with Gasteiger partial charge in [0.05, 0.1) is 5.69 Å². The molecule has 3 aromatic carbocycles. The van der Waals surface area contributed by atoms with E-state index in [4.69, 9.17) is 0 Å². The minimum absolute atomic E-state index is 0.208. The molecule has 0 bridgehead atoms. The lowest BCUT2D eigenvalue weighted by atomic mass is 10.0. The summed E-state index contributed by atoms with van der Waals surface area (Å²) in [6.07, 6.45) is 0. The largest absolute Gasteiger partial charge is 0.321 e. The van der Waals surface area contributed by atoms with Crippen LogP contribution in [0.15, 0.2) is 78.9 Å². The smallest absolute Gasteiger partial charge is 0.273 e. The summed E-state index contributed by atoms with van der Waals surface area (Å²) in [5.41, 5.74) is 2.94. The molecule has 0 unspecified atom stereocenters. The molecule has 4 nitrogen and oxygen atoms in total. The Morgan fingerprint density at radius 2 is 1.62 bits per heavy atom. The van der Waals surface area contributed by atoms with Crippen LogP contribution >= 0.6 is 0 Å². The first-order chi connectivity index (χ1) is 11.8. The van der Waals surface area contributed by atoms with Gasteiger partial charge in [-0.05, 0) is 29.0 Å². The summed E-state index contributed by atoms with van der Waals surface area (Å²) >= 11 is 0. The number of aromatic amines is 1. The molecule has 0 aliphatic rings. The van der Waals surface area contributed by atoms with Gasteiger partial charge in [-0.1, -0.05) is 60.7 Å². The average molecular weight is 313 g/mol. The second-order valence-electron chi connectivity index (χ2n) is 5.51. The first-order valence-corrected chi connectivity index (χ1v) is 7.71. The van der Waals surface area contributed by atoms with Crippen molar-refractivity contribution in [3.8, 4) is 11.3 Å². The van der Waals surface area contributed by atoms with Crippen LogP contribution in [0.2, 0.25) is 0 Å². The van der Waals surface area contributed by atoms with Gasteiger partial charge < -0.3 is 5.32 Å². The Balaban J connectivity index is 1.66. The summed E-state index contributed by atoms with van der Waals surface area (Å²) in [4.78, 5) is 12.3. The van der Waals surface area contributed by atoms with E-state index in [-0.39, 0.29) is 5.91 Å². The third kappa shape index (κ3) is 2.65. The van der Waals surface area contributed by atoms with E-state index in [2.05, 4.69) is 33.7 Å². The third-order valence-corrected chi connectivity index (χ3v) is 3.92. The molecule has 0 radical (unpaired) electrons. The highest BCUT2D eigenvalue weighted by molar-refractivity contribution is 6.04. The van der Waals surface area contributed by atoms with Crippen LogP contribution in [0.3, 0.4) is 0 Å². The van der Waals surface area contributed by atoms with Crippen LogP contribution in [0.1, 0.15) is 10.5 Å². The molecule has 4 aromatic rings. The van der Waals surface area contributed by atoms with Crippen molar-refractivity contribution in [3.63, 3.8) is 0 Å². The van der Waals surface area contributed by atoms with Crippen LogP contribution in [0, 0.1) is 0 Å². The van der Waals surface area contributed by atoms with Crippen LogP contribution in [0.4, 0.5) is 5.69 Å². The second kappa shape index (κ2) is 6.01. The lowest BCUT2D eigenvalue weighted by Crippen LogP contribution is -2.12. The number of hydrogen-bond donors (Lipinski definition) is 2. The Morgan fingerprint density at radius 1 is 0.875 bits per heavy atom. The van der Waals surface area contributed by atoms with E-state index < -0.39 is 0 Å². The zero-order valence-electron chi connectivity index (χ0n) is 12.9. The van der Waals surface area contributed by atoms with E-state index in [0.717, 1.165) is 27.7 Å². The number of aromatic nitrogens is 2. The van der Waals surface area contributed by atoms with Gasteiger partial charge in [-0.25, -0.2) is 0 Å². The molecule has 1 heterocycles. The molecule has 116 valence electrons. The molecule has 0 spiro atoms. The molecule has 4 rings (SSSR count). The van der Waals surface area contributed by atoms with Crippen LogP contribution in [-0.4, -0.2) is 16.1 Å². The minimum atomic E-state index is -0.208. The van der Waals surface area contributed by atoms with Gasteiger partial charge >= 0.3 is 0 Å². The van der Waals surface area contributed by atoms with E-state index >= 15 is 0 Å². The number of benzene rings is 3. The van der Waals surface area contributed by atoms with E-state index in [1.54, 1.807) is 6.07 Å². The fourth-order valence-corrected chi connectivity index (χ4v) is 2.74. The maximum Gasteiger partial charge on any atom is 0.273 e. The Morgan fingerprint density at radius 3 is 2.50 bits per heavy atom. The van der Waals surface area contributed by atoms with Crippen molar-refractivity contribution < 1.29 is 4.79 Å². The molecule has 24 heavy (non-hydrogen) atoms. The van der Waals surface area contributed by atoms with E-state index in [9.17, 15) is 4.79 Å².